The van der Waals surface area contributed by atoms with Crippen LogP contribution in [0.2, 0.25) is 0 Å². The van der Waals surface area contributed by atoms with Crippen LogP contribution in [0.3, 0.4) is 0 Å². The van der Waals surface area contributed by atoms with Crippen molar-refractivity contribution >= 4 is 12.0 Å². The molecule has 1 fully saturated rings. The van der Waals surface area contributed by atoms with Gasteiger partial charge < -0.3 is 4.90 Å². The third kappa shape index (κ3) is 5.13. The summed E-state index contributed by atoms with van der Waals surface area (Å²) >= 11 is 0. The van der Waals surface area contributed by atoms with Crippen LogP contribution in [0.25, 0.3) is 6.08 Å². The van der Waals surface area contributed by atoms with Crippen molar-refractivity contribution in [2.45, 2.75) is 6.18 Å². The summed E-state index contributed by atoms with van der Waals surface area (Å²) in [6, 6.07) is 10.7. The van der Waals surface area contributed by atoms with E-state index in [1.807, 2.05) is 36.4 Å². The monoisotopic (exact) mass is 376 g/mol. The van der Waals surface area contributed by atoms with Crippen molar-refractivity contribution in [3.05, 3.63) is 65.8 Å². The molecule has 1 aromatic heterocycles. The Morgan fingerprint density at radius 2 is 1.78 bits per heavy atom. The third-order valence-electron chi connectivity index (χ3n) is 4.27. The zero-order valence-corrected chi connectivity index (χ0v) is 14.6. The number of halogens is 3. The number of hydrogen-bond acceptors (Lipinski definition) is 4. The second-order valence-corrected chi connectivity index (χ2v) is 6.17. The molecule has 2 aromatic rings. The molecule has 0 radical (unpaired) electrons. The van der Waals surface area contributed by atoms with Gasteiger partial charge in [0.05, 0.1) is 0 Å². The first-order valence-corrected chi connectivity index (χ1v) is 8.57. The van der Waals surface area contributed by atoms with E-state index < -0.39 is 23.6 Å². The Hall–Kier alpha value is -2.74. The van der Waals surface area contributed by atoms with Crippen LogP contribution in [0.15, 0.2) is 48.7 Å². The number of carbonyl (C=O) groups excluding carboxylic acids is 1. The van der Waals surface area contributed by atoms with E-state index in [1.165, 1.54) is 4.90 Å². The van der Waals surface area contributed by atoms with E-state index >= 15 is 0 Å². The molecule has 142 valence electrons. The van der Waals surface area contributed by atoms with Gasteiger partial charge in [0.1, 0.15) is 5.69 Å². The number of aromatic nitrogens is 2. The van der Waals surface area contributed by atoms with Crippen molar-refractivity contribution < 1.29 is 18.0 Å². The number of alkyl halides is 3. The Morgan fingerprint density at radius 3 is 2.44 bits per heavy atom. The van der Waals surface area contributed by atoms with Gasteiger partial charge in [0, 0.05) is 38.9 Å². The maximum atomic E-state index is 12.7. The maximum Gasteiger partial charge on any atom is 0.433 e. The first kappa shape index (κ1) is 19.0. The molecule has 1 saturated heterocycles. The highest BCUT2D eigenvalue weighted by atomic mass is 19.4. The third-order valence-corrected chi connectivity index (χ3v) is 4.27. The van der Waals surface area contributed by atoms with Crippen LogP contribution in [0, 0.1) is 0 Å². The summed E-state index contributed by atoms with van der Waals surface area (Å²) in [6.07, 6.45) is 0.464. The lowest BCUT2D eigenvalue weighted by molar-refractivity contribution is -0.141. The van der Waals surface area contributed by atoms with E-state index in [0.29, 0.717) is 26.2 Å². The average Bonchev–Trinajstić information content (AvgIpc) is 2.68. The zero-order chi connectivity index (χ0) is 19.3. The molecule has 3 rings (SSSR count). The number of benzene rings is 1. The standard InChI is InChI=1S/C19H19F3N4O/c20-19(21,22)16-8-9-23-17(24-16)18(27)26-13-11-25(12-14-26)10-4-7-15-5-2-1-3-6-15/h1-9H,10-14H2/b7-4+. The molecular formula is C19H19F3N4O. The van der Waals surface area contributed by atoms with Gasteiger partial charge in [0.15, 0.2) is 0 Å². The molecule has 1 amide bonds. The van der Waals surface area contributed by atoms with Crippen molar-refractivity contribution in [3.8, 4) is 0 Å². The van der Waals surface area contributed by atoms with Gasteiger partial charge in [-0.05, 0) is 11.6 Å². The number of hydrogen-bond donors (Lipinski definition) is 0. The van der Waals surface area contributed by atoms with Gasteiger partial charge in [-0.2, -0.15) is 13.2 Å². The molecule has 27 heavy (non-hydrogen) atoms. The van der Waals surface area contributed by atoms with Crippen LogP contribution < -0.4 is 0 Å². The molecule has 0 saturated carbocycles. The Balaban J connectivity index is 1.53. The number of piperazine rings is 1. The van der Waals surface area contributed by atoms with Crippen molar-refractivity contribution in [1.82, 2.24) is 19.8 Å². The largest absolute Gasteiger partial charge is 0.433 e. The number of carbonyl (C=O) groups is 1. The highest BCUT2D eigenvalue weighted by molar-refractivity contribution is 5.90. The fraction of sp³-hybridized carbons (Fsp3) is 0.316. The van der Waals surface area contributed by atoms with Gasteiger partial charge in [-0.15, -0.1) is 0 Å². The van der Waals surface area contributed by atoms with Crippen LogP contribution in [0.5, 0.6) is 0 Å². The quantitative estimate of drug-likeness (QED) is 0.823. The molecule has 1 aliphatic rings. The Kier molecular flexibility index (Phi) is 5.85. The van der Waals surface area contributed by atoms with E-state index in [-0.39, 0.29) is 0 Å². The summed E-state index contributed by atoms with van der Waals surface area (Å²) in [5.41, 5.74) is 0.0125. The van der Waals surface area contributed by atoms with Gasteiger partial charge in [-0.3, -0.25) is 9.69 Å². The van der Waals surface area contributed by atoms with Crippen molar-refractivity contribution in [3.63, 3.8) is 0 Å². The molecule has 0 aliphatic carbocycles. The van der Waals surface area contributed by atoms with Gasteiger partial charge in [0.25, 0.3) is 5.91 Å². The summed E-state index contributed by atoms with van der Waals surface area (Å²) in [4.78, 5) is 23.1. The molecule has 2 heterocycles. The van der Waals surface area contributed by atoms with Crippen molar-refractivity contribution in [2.24, 2.45) is 0 Å². The number of nitrogens with zero attached hydrogens (tertiary/aromatic N) is 4. The average molecular weight is 376 g/mol. The molecule has 0 unspecified atom stereocenters. The predicted molar refractivity (Wildman–Crippen MR) is 94.9 cm³/mol. The molecule has 8 heteroatoms. The van der Waals surface area contributed by atoms with Crippen molar-refractivity contribution in [1.29, 1.82) is 0 Å². The molecule has 1 aromatic carbocycles. The van der Waals surface area contributed by atoms with Crippen molar-refractivity contribution in [2.75, 3.05) is 32.7 Å². The minimum absolute atomic E-state index is 0.415. The van der Waals surface area contributed by atoms with Gasteiger partial charge >= 0.3 is 6.18 Å². The first-order valence-electron chi connectivity index (χ1n) is 8.57. The fourth-order valence-electron chi connectivity index (χ4n) is 2.80. The normalized spacial score (nSPS) is 16.0. The zero-order valence-electron chi connectivity index (χ0n) is 14.6. The molecule has 0 spiro atoms. The smallest absolute Gasteiger partial charge is 0.333 e. The summed E-state index contributed by atoms with van der Waals surface area (Å²) < 4.78 is 38.2. The summed E-state index contributed by atoms with van der Waals surface area (Å²) in [5, 5.41) is 0. The fourth-order valence-corrected chi connectivity index (χ4v) is 2.80. The highest BCUT2D eigenvalue weighted by Gasteiger charge is 2.34. The van der Waals surface area contributed by atoms with E-state index in [1.54, 1.807) is 0 Å². The second-order valence-electron chi connectivity index (χ2n) is 6.17. The van der Waals surface area contributed by atoms with E-state index in [2.05, 4.69) is 20.9 Å². The van der Waals surface area contributed by atoms with Gasteiger partial charge in [-0.25, -0.2) is 9.97 Å². The summed E-state index contributed by atoms with van der Waals surface area (Å²) in [5.74, 6) is -0.983. The topological polar surface area (TPSA) is 49.3 Å². The molecular weight excluding hydrogens is 357 g/mol. The Bertz CT molecular complexity index is 800. The van der Waals surface area contributed by atoms with Gasteiger partial charge in [-0.1, -0.05) is 42.5 Å². The van der Waals surface area contributed by atoms with Crippen LogP contribution in [0.1, 0.15) is 21.9 Å². The van der Waals surface area contributed by atoms with Crippen LogP contribution in [-0.2, 0) is 6.18 Å². The summed E-state index contributed by atoms with van der Waals surface area (Å²) in [7, 11) is 0. The van der Waals surface area contributed by atoms with E-state index in [4.69, 9.17) is 0 Å². The van der Waals surface area contributed by atoms with Crippen LogP contribution >= 0.6 is 0 Å². The molecule has 0 N–H and O–H groups in total. The second kappa shape index (κ2) is 8.30. The number of amides is 1. The van der Waals surface area contributed by atoms with Gasteiger partial charge in [0.2, 0.25) is 5.82 Å². The lowest BCUT2D eigenvalue weighted by atomic mass is 10.2. The predicted octanol–water partition coefficient (Wildman–Crippen LogP) is 2.97. The molecule has 0 atom stereocenters. The Labute approximate surface area is 155 Å². The van der Waals surface area contributed by atoms with Crippen LogP contribution in [-0.4, -0.2) is 58.4 Å². The lowest BCUT2D eigenvalue weighted by Crippen LogP contribution is -2.49. The minimum Gasteiger partial charge on any atom is -0.333 e. The summed E-state index contributed by atoms with van der Waals surface area (Å²) in [6.45, 7) is 2.89. The molecule has 1 aliphatic heterocycles. The lowest BCUT2D eigenvalue weighted by Gasteiger charge is -2.33. The minimum atomic E-state index is -4.60. The molecule has 0 bridgehead atoms. The van der Waals surface area contributed by atoms with E-state index in [0.717, 1.165) is 24.4 Å². The highest BCUT2D eigenvalue weighted by Crippen LogP contribution is 2.27. The molecule has 5 nitrogen and oxygen atoms in total. The SMILES string of the molecule is O=C(c1nccc(C(F)(F)F)n1)N1CCN(C/C=C/c2ccccc2)CC1. The Morgan fingerprint density at radius 1 is 1.07 bits per heavy atom. The van der Waals surface area contributed by atoms with E-state index in [9.17, 15) is 18.0 Å². The first-order chi connectivity index (χ1) is 12.9. The number of rotatable bonds is 4. The maximum absolute atomic E-state index is 12.7. The van der Waals surface area contributed by atoms with Crippen LogP contribution in [0.4, 0.5) is 13.2 Å².